The molecular weight excluding hydrogens is 200 g/mol. The van der Waals surface area contributed by atoms with Crippen molar-refractivity contribution in [2.75, 3.05) is 0 Å². The molecule has 2 rings (SSSR count). The van der Waals surface area contributed by atoms with Crippen LogP contribution in [0.5, 0.6) is 5.75 Å². The van der Waals surface area contributed by atoms with Crippen LogP contribution in [-0.4, -0.2) is 15.1 Å². The molecule has 0 aliphatic rings. The molecule has 0 fully saturated rings. The zero-order chi connectivity index (χ0) is 11.4. The van der Waals surface area contributed by atoms with Crippen LogP contribution in [-0.2, 0) is 0 Å². The molecule has 0 saturated heterocycles. The Hall–Kier alpha value is -2.16. The quantitative estimate of drug-likeness (QED) is 0.832. The molecule has 3 nitrogen and oxygen atoms in total. The first kappa shape index (κ1) is 10.4. The number of benzene rings is 1. The molecule has 0 amide bonds. The van der Waals surface area contributed by atoms with Crippen LogP contribution in [0.15, 0.2) is 42.9 Å². The van der Waals surface area contributed by atoms with Crippen LogP contribution >= 0.6 is 0 Å². The molecule has 1 heterocycles. The van der Waals surface area contributed by atoms with Crippen LogP contribution in [0.3, 0.4) is 0 Å². The lowest BCUT2D eigenvalue weighted by Gasteiger charge is -2.00. The monoisotopic (exact) mass is 212 g/mol. The standard InChI is InChI=1S/C13H12N2O/c1-10(13-9-14-6-7-15-13)8-11-2-4-12(16)5-3-11/h2-9,16H,1H3/b10-8+. The van der Waals surface area contributed by atoms with Crippen molar-refractivity contribution in [3.8, 4) is 5.75 Å². The lowest BCUT2D eigenvalue weighted by Crippen LogP contribution is -1.86. The topological polar surface area (TPSA) is 46.0 Å². The fraction of sp³-hybridized carbons (Fsp3) is 0.0769. The predicted molar refractivity (Wildman–Crippen MR) is 63.7 cm³/mol. The van der Waals surface area contributed by atoms with Gasteiger partial charge in [-0.25, -0.2) is 0 Å². The van der Waals surface area contributed by atoms with Gasteiger partial charge in [-0.05, 0) is 36.3 Å². The fourth-order valence-corrected chi connectivity index (χ4v) is 1.40. The van der Waals surface area contributed by atoms with Crippen molar-refractivity contribution in [2.45, 2.75) is 6.92 Å². The Bertz CT molecular complexity index is 489. The van der Waals surface area contributed by atoms with Gasteiger partial charge in [0.15, 0.2) is 0 Å². The molecule has 0 spiro atoms. The van der Waals surface area contributed by atoms with Gasteiger partial charge < -0.3 is 5.11 Å². The van der Waals surface area contributed by atoms with Crippen molar-refractivity contribution in [1.29, 1.82) is 0 Å². The normalized spacial score (nSPS) is 11.4. The minimum absolute atomic E-state index is 0.273. The average Bonchev–Trinajstić information content (AvgIpc) is 2.33. The second kappa shape index (κ2) is 4.57. The zero-order valence-corrected chi connectivity index (χ0v) is 8.96. The summed E-state index contributed by atoms with van der Waals surface area (Å²) in [6, 6.07) is 7.04. The van der Waals surface area contributed by atoms with Crippen LogP contribution < -0.4 is 0 Å². The number of nitrogens with zero attached hydrogens (tertiary/aromatic N) is 2. The van der Waals surface area contributed by atoms with Crippen LogP contribution in [0.25, 0.3) is 11.6 Å². The summed E-state index contributed by atoms with van der Waals surface area (Å²) in [5, 5.41) is 9.16. The summed E-state index contributed by atoms with van der Waals surface area (Å²) >= 11 is 0. The fourth-order valence-electron chi connectivity index (χ4n) is 1.40. The lowest BCUT2D eigenvalue weighted by molar-refractivity contribution is 0.475. The number of allylic oxidation sites excluding steroid dienone is 1. The molecule has 16 heavy (non-hydrogen) atoms. The molecule has 2 aromatic rings. The molecule has 80 valence electrons. The summed E-state index contributed by atoms with van der Waals surface area (Å²) in [6.45, 7) is 1.98. The zero-order valence-electron chi connectivity index (χ0n) is 8.96. The largest absolute Gasteiger partial charge is 0.508 e. The van der Waals surface area contributed by atoms with Gasteiger partial charge in [0.05, 0.1) is 11.9 Å². The van der Waals surface area contributed by atoms with E-state index in [4.69, 9.17) is 5.11 Å². The molecule has 0 unspecified atom stereocenters. The molecule has 0 radical (unpaired) electrons. The maximum atomic E-state index is 9.16. The first-order valence-corrected chi connectivity index (χ1v) is 4.99. The molecular formula is C13H12N2O. The molecule has 0 aliphatic carbocycles. The van der Waals surface area contributed by atoms with Crippen LogP contribution in [0.2, 0.25) is 0 Å². The average molecular weight is 212 g/mol. The molecule has 3 heteroatoms. The molecule has 0 atom stereocenters. The van der Waals surface area contributed by atoms with Gasteiger partial charge in [0.2, 0.25) is 0 Å². The lowest BCUT2D eigenvalue weighted by atomic mass is 10.1. The Kier molecular flexibility index (Phi) is 2.96. The maximum absolute atomic E-state index is 9.16. The first-order chi connectivity index (χ1) is 7.75. The van der Waals surface area contributed by atoms with E-state index in [0.29, 0.717) is 0 Å². The molecule has 0 saturated carbocycles. The van der Waals surface area contributed by atoms with Crippen LogP contribution in [0.4, 0.5) is 0 Å². The molecule has 0 aliphatic heterocycles. The van der Waals surface area contributed by atoms with Crippen LogP contribution in [0, 0.1) is 0 Å². The number of hydrogen-bond acceptors (Lipinski definition) is 3. The molecule has 0 bridgehead atoms. The van der Waals surface area contributed by atoms with Crippen molar-refractivity contribution < 1.29 is 5.11 Å². The highest BCUT2D eigenvalue weighted by Crippen LogP contribution is 2.16. The Morgan fingerprint density at radius 3 is 2.56 bits per heavy atom. The molecule has 1 N–H and O–H groups in total. The number of phenolic OH excluding ortho intramolecular Hbond substituents is 1. The van der Waals surface area contributed by atoms with E-state index in [0.717, 1.165) is 16.8 Å². The Morgan fingerprint density at radius 1 is 1.19 bits per heavy atom. The Balaban J connectivity index is 2.28. The van der Waals surface area contributed by atoms with E-state index in [1.165, 1.54) is 0 Å². The van der Waals surface area contributed by atoms with Gasteiger partial charge in [-0.2, -0.15) is 0 Å². The van der Waals surface area contributed by atoms with E-state index in [-0.39, 0.29) is 5.75 Å². The SMILES string of the molecule is C/C(=C\c1ccc(O)cc1)c1cnccn1. The minimum atomic E-state index is 0.273. The van der Waals surface area contributed by atoms with Crippen molar-refractivity contribution in [3.05, 3.63) is 54.1 Å². The van der Waals surface area contributed by atoms with Gasteiger partial charge in [-0.1, -0.05) is 12.1 Å². The predicted octanol–water partition coefficient (Wildman–Crippen LogP) is 2.74. The van der Waals surface area contributed by atoms with Gasteiger partial charge in [0.25, 0.3) is 0 Å². The van der Waals surface area contributed by atoms with E-state index in [9.17, 15) is 0 Å². The number of aromatic nitrogens is 2. The Labute approximate surface area is 94.1 Å². The van der Waals surface area contributed by atoms with Crippen molar-refractivity contribution in [1.82, 2.24) is 9.97 Å². The van der Waals surface area contributed by atoms with E-state index in [1.807, 2.05) is 25.1 Å². The second-order valence-electron chi connectivity index (χ2n) is 3.51. The summed E-state index contributed by atoms with van der Waals surface area (Å²) in [6.07, 6.45) is 7.05. The van der Waals surface area contributed by atoms with E-state index < -0.39 is 0 Å². The van der Waals surface area contributed by atoms with Crippen LogP contribution in [0.1, 0.15) is 18.2 Å². The summed E-state index contributed by atoms with van der Waals surface area (Å²) in [5.41, 5.74) is 2.93. The van der Waals surface area contributed by atoms with E-state index in [1.54, 1.807) is 30.7 Å². The smallest absolute Gasteiger partial charge is 0.115 e. The highest BCUT2D eigenvalue weighted by Gasteiger charge is 1.97. The van der Waals surface area contributed by atoms with Gasteiger partial charge in [-0.3, -0.25) is 9.97 Å². The highest BCUT2D eigenvalue weighted by atomic mass is 16.3. The van der Waals surface area contributed by atoms with Crippen molar-refractivity contribution in [3.63, 3.8) is 0 Å². The number of phenols is 1. The number of hydrogen-bond donors (Lipinski definition) is 1. The maximum Gasteiger partial charge on any atom is 0.115 e. The Morgan fingerprint density at radius 2 is 1.94 bits per heavy atom. The summed E-state index contributed by atoms with van der Waals surface area (Å²) in [5.74, 6) is 0.273. The molecule has 1 aromatic heterocycles. The first-order valence-electron chi connectivity index (χ1n) is 4.99. The van der Waals surface area contributed by atoms with Crippen molar-refractivity contribution >= 4 is 11.6 Å². The third-order valence-electron chi connectivity index (χ3n) is 2.24. The number of rotatable bonds is 2. The summed E-state index contributed by atoms with van der Waals surface area (Å²) < 4.78 is 0. The third kappa shape index (κ3) is 2.45. The van der Waals surface area contributed by atoms with Gasteiger partial charge >= 0.3 is 0 Å². The van der Waals surface area contributed by atoms with Crippen molar-refractivity contribution in [2.24, 2.45) is 0 Å². The third-order valence-corrected chi connectivity index (χ3v) is 2.24. The van der Waals surface area contributed by atoms with Gasteiger partial charge in [0, 0.05) is 12.4 Å². The second-order valence-corrected chi connectivity index (χ2v) is 3.51. The number of aromatic hydroxyl groups is 1. The van der Waals surface area contributed by atoms with E-state index >= 15 is 0 Å². The molecule has 1 aromatic carbocycles. The van der Waals surface area contributed by atoms with Gasteiger partial charge in [-0.15, -0.1) is 0 Å². The summed E-state index contributed by atoms with van der Waals surface area (Å²) in [7, 11) is 0. The minimum Gasteiger partial charge on any atom is -0.508 e. The van der Waals surface area contributed by atoms with Gasteiger partial charge in [0.1, 0.15) is 5.75 Å². The van der Waals surface area contributed by atoms with E-state index in [2.05, 4.69) is 9.97 Å². The summed E-state index contributed by atoms with van der Waals surface area (Å²) in [4.78, 5) is 8.23. The highest BCUT2D eigenvalue weighted by molar-refractivity contribution is 5.78.